The molecule has 1 amide bonds. The summed E-state index contributed by atoms with van der Waals surface area (Å²) in [7, 11) is 0. The maximum atomic E-state index is 12.9. The van der Waals surface area contributed by atoms with E-state index in [-0.39, 0.29) is 11.9 Å². The van der Waals surface area contributed by atoms with Crippen LogP contribution >= 0.6 is 0 Å². The fourth-order valence-corrected chi connectivity index (χ4v) is 3.31. The van der Waals surface area contributed by atoms with Crippen molar-refractivity contribution in [3.63, 3.8) is 0 Å². The molecule has 0 aliphatic carbocycles. The number of piperidine rings is 1. The summed E-state index contributed by atoms with van der Waals surface area (Å²) in [5.74, 6) is 0.0265. The molecule has 0 saturated carbocycles. The van der Waals surface area contributed by atoms with E-state index >= 15 is 0 Å². The van der Waals surface area contributed by atoms with Gasteiger partial charge in [-0.25, -0.2) is 4.98 Å². The first-order valence-electron chi connectivity index (χ1n) is 8.22. The number of hydrogen-bond acceptors (Lipinski definition) is 4. The Bertz CT molecular complexity index is 896. The third kappa shape index (κ3) is 2.55. The Morgan fingerprint density at radius 1 is 1.33 bits per heavy atom. The summed E-state index contributed by atoms with van der Waals surface area (Å²) in [6.45, 7) is 5.42. The summed E-state index contributed by atoms with van der Waals surface area (Å²) in [5, 5.41) is 12.3. The number of H-pyrrole nitrogens is 1. The maximum absolute atomic E-state index is 12.9. The molecule has 1 fully saturated rings. The molecule has 0 radical (unpaired) electrons. The number of nitrogens with zero attached hydrogens (tertiary/aromatic N) is 5. The van der Waals surface area contributed by atoms with E-state index in [1.54, 1.807) is 6.20 Å². The van der Waals surface area contributed by atoms with Crippen LogP contribution in [0.5, 0.6) is 0 Å². The van der Waals surface area contributed by atoms with Crippen molar-refractivity contribution < 1.29 is 4.79 Å². The molecule has 1 aliphatic heterocycles. The summed E-state index contributed by atoms with van der Waals surface area (Å²) in [4.78, 5) is 19.1. The van der Waals surface area contributed by atoms with Crippen molar-refractivity contribution in [2.45, 2.75) is 32.7 Å². The first kappa shape index (κ1) is 14.9. The topological polar surface area (TPSA) is 79.7 Å². The summed E-state index contributed by atoms with van der Waals surface area (Å²) in [5.41, 5.74) is 3.33. The number of carbonyl (C=O) groups excluding carboxylic acids is 1. The number of amides is 1. The lowest BCUT2D eigenvalue weighted by Gasteiger charge is -2.32. The molecule has 7 heteroatoms. The normalized spacial score (nSPS) is 18.2. The van der Waals surface area contributed by atoms with Crippen molar-refractivity contribution in [3.8, 4) is 0 Å². The molecule has 0 spiro atoms. The van der Waals surface area contributed by atoms with Crippen molar-refractivity contribution in [2.24, 2.45) is 0 Å². The quantitative estimate of drug-likeness (QED) is 0.784. The number of aromatic nitrogens is 5. The van der Waals surface area contributed by atoms with E-state index in [0.717, 1.165) is 36.0 Å². The number of pyridine rings is 1. The van der Waals surface area contributed by atoms with Crippen molar-refractivity contribution in [3.05, 3.63) is 41.5 Å². The molecule has 24 heavy (non-hydrogen) atoms. The third-order valence-electron chi connectivity index (χ3n) is 4.64. The average Bonchev–Trinajstić information content (AvgIpc) is 3.20. The predicted molar refractivity (Wildman–Crippen MR) is 89.8 cm³/mol. The SMILES string of the molecule is Cc1cnn([C@@H]2CCCN(C(=O)c3cnc4n[nH]c(C)c4c3)C2)c1. The van der Waals surface area contributed by atoms with E-state index in [1.807, 2.05) is 41.9 Å². The molecule has 1 aliphatic rings. The lowest BCUT2D eigenvalue weighted by Crippen LogP contribution is -2.40. The highest BCUT2D eigenvalue weighted by atomic mass is 16.2. The zero-order chi connectivity index (χ0) is 16.7. The summed E-state index contributed by atoms with van der Waals surface area (Å²) >= 11 is 0. The monoisotopic (exact) mass is 324 g/mol. The second-order valence-corrected chi connectivity index (χ2v) is 6.49. The van der Waals surface area contributed by atoms with Gasteiger partial charge in [-0.15, -0.1) is 0 Å². The van der Waals surface area contributed by atoms with Gasteiger partial charge >= 0.3 is 0 Å². The van der Waals surface area contributed by atoms with Gasteiger partial charge in [0.1, 0.15) is 0 Å². The van der Waals surface area contributed by atoms with Gasteiger partial charge in [-0.2, -0.15) is 10.2 Å². The van der Waals surface area contributed by atoms with E-state index in [1.165, 1.54) is 0 Å². The average molecular weight is 324 g/mol. The van der Waals surface area contributed by atoms with Crippen LogP contribution < -0.4 is 0 Å². The molecule has 3 aromatic heterocycles. The highest BCUT2D eigenvalue weighted by Gasteiger charge is 2.26. The van der Waals surface area contributed by atoms with Crippen LogP contribution in [0, 0.1) is 13.8 Å². The Balaban J connectivity index is 1.57. The van der Waals surface area contributed by atoms with Crippen LogP contribution in [0.3, 0.4) is 0 Å². The lowest BCUT2D eigenvalue weighted by atomic mass is 10.0. The molecule has 1 atom stereocenters. The van der Waals surface area contributed by atoms with Gasteiger partial charge in [0.2, 0.25) is 0 Å². The van der Waals surface area contributed by atoms with E-state index in [9.17, 15) is 4.79 Å². The van der Waals surface area contributed by atoms with Gasteiger partial charge in [-0.3, -0.25) is 14.6 Å². The second kappa shape index (κ2) is 5.74. The van der Waals surface area contributed by atoms with E-state index in [0.29, 0.717) is 17.8 Å². The van der Waals surface area contributed by atoms with Gasteiger partial charge in [0.05, 0.1) is 17.8 Å². The Hall–Kier alpha value is -2.70. The number of aryl methyl sites for hydroxylation is 2. The van der Waals surface area contributed by atoms with Crippen molar-refractivity contribution >= 4 is 16.9 Å². The zero-order valence-corrected chi connectivity index (χ0v) is 13.9. The molecular weight excluding hydrogens is 304 g/mol. The number of carbonyl (C=O) groups is 1. The number of hydrogen-bond donors (Lipinski definition) is 1. The Morgan fingerprint density at radius 2 is 2.21 bits per heavy atom. The Labute approximate surface area is 139 Å². The minimum atomic E-state index is 0.0265. The first-order chi connectivity index (χ1) is 11.6. The predicted octanol–water partition coefficient (Wildman–Crippen LogP) is 2.25. The number of likely N-dealkylation sites (tertiary alicyclic amines) is 1. The summed E-state index contributed by atoms with van der Waals surface area (Å²) in [6.07, 6.45) is 7.55. The molecule has 4 rings (SSSR count). The van der Waals surface area contributed by atoms with Gasteiger partial charge in [0, 0.05) is 36.6 Å². The van der Waals surface area contributed by atoms with Crippen LogP contribution in [0.2, 0.25) is 0 Å². The fraction of sp³-hybridized carbons (Fsp3) is 0.412. The molecule has 0 unspecified atom stereocenters. The smallest absolute Gasteiger partial charge is 0.255 e. The Morgan fingerprint density at radius 3 is 3.00 bits per heavy atom. The fourth-order valence-electron chi connectivity index (χ4n) is 3.31. The standard InChI is InChI=1S/C17H20N6O/c1-11-7-19-23(9-11)14-4-3-5-22(10-14)17(24)13-6-15-12(2)20-21-16(15)18-8-13/h6-9,14H,3-5,10H2,1-2H3,(H,18,20,21)/t14-/m1/s1. The molecule has 124 valence electrons. The minimum Gasteiger partial charge on any atom is -0.336 e. The van der Waals surface area contributed by atoms with Crippen molar-refractivity contribution in [2.75, 3.05) is 13.1 Å². The number of fused-ring (bicyclic) bond motifs is 1. The number of aromatic amines is 1. The highest BCUT2D eigenvalue weighted by molar-refractivity contribution is 5.97. The van der Waals surface area contributed by atoms with E-state index in [2.05, 4.69) is 20.3 Å². The van der Waals surface area contributed by atoms with Crippen LogP contribution in [0.25, 0.3) is 11.0 Å². The van der Waals surface area contributed by atoms with Crippen molar-refractivity contribution in [1.82, 2.24) is 29.9 Å². The van der Waals surface area contributed by atoms with Gasteiger partial charge in [0.25, 0.3) is 5.91 Å². The summed E-state index contributed by atoms with van der Waals surface area (Å²) in [6, 6.07) is 2.12. The molecule has 1 saturated heterocycles. The van der Waals surface area contributed by atoms with Crippen LogP contribution in [0.15, 0.2) is 24.7 Å². The number of rotatable bonds is 2. The van der Waals surface area contributed by atoms with E-state index in [4.69, 9.17) is 0 Å². The molecule has 1 N–H and O–H groups in total. The molecule has 0 aromatic carbocycles. The molecule has 7 nitrogen and oxygen atoms in total. The lowest BCUT2D eigenvalue weighted by molar-refractivity contribution is 0.0672. The second-order valence-electron chi connectivity index (χ2n) is 6.49. The van der Waals surface area contributed by atoms with Crippen LogP contribution in [-0.2, 0) is 0 Å². The minimum absolute atomic E-state index is 0.0265. The van der Waals surface area contributed by atoms with Gasteiger partial charge in [-0.1, -0.05) is 0 Å². The Kier molecular flexibility index (Phi) is 3.55. The van der Waals surface area contributed by atoms with Crippen LogP contribution in [-0.4, -0.2) is 48.9 Å². The van der Waals surface area contributed by atoms with Gasteiger partial charge in [0.15, 0.2) is 5.65 Å². The zero-order valence-electron chi connectivity index (χ0n) is 13.9. The summed E-state index contributed by atoms with van der Waals surface area (Å²) < 4.78 is 1.98. The van der Waals surface area contributed by atoms with E-state index < -0.39 is 0 Å². The number of nitrogens with one attached hydrogen (secondary N) is 1. The van der Waals surface area contributed by atoms with Crippen molar-refractivity contribution in [1.29, 1.82) is 0 Å². The van der Waals surface area contributed by atoms with Gasteiger partial charge in [-0.05, 0) is 38.3 Å². The maximum Gasteiger partial charge on any atom is 0.255 e. The van der Waals surface area contributed by atoms with Crippen LogP contribution in [0.1, 0.15) is 40.5 Å². The molecule has 3 aromatic rings. The molecular formula is C17H20N6O. The van der Waals surface area contributed by atoms with Crippen LogP contribution in [0.4, 0.5) is 0 Å². The van der Waals surface area contributed by atoms with Gasteiger partial charge < -0.3 is 4.90 Å². The molecule has 4 heterocycles. The highest BCUT2D eigenvalue weighted by Crippen LogP contribution is 2.23. The largest absolute Gasteiger partial charge is 0.336 e. The molecule has 0 bridgehead atoms. The first-order valence-corrected chi connectivity index (χ1v) is 8.22. The third-order valence-corrected chi connectivity index (χ3v) is 4.64.